The normalized spacial score (nSPS) is 24.9. The lowest BCUT2D eigenvalue weighted by Crippen LogP contribution is -2.50. The predicted octanol–water partition coefficient (Wildman–Crippen LogP) is -1.35. The van der Waals surface area contributed by atoms with Crippen LogP contribution in [0.1, 0.15) is 19.8 Å². The minimum atomic E-state index is -3.59. The van der Waals surface area contributed by atoms with Gasteiger partial charge in [0.15, 0.2) is 0 Å². The minimum absolute atomic E-state index is 0.0693. The van der Waals surface area contributed by atoms with Gasteiger partial charge in [-0.1, -0.05) is 0 Å². The molecule has 8 heteroatoms. The van der Waals surface area contributed by atoms with Crippen molar-refractivity contribution < 1.29 is 18.0 Å². The molecule has 0 aliphatic carbocycles. The molecule has 1 heterocycles. The lowest BCUT2D eigenvalue weighted by molar-refractivity contribution is -0.135. The van der Waals surface area contributed by atoms with Gasteiger partial charge in [-0.25, -0.2) is 13.1 Å². The standard InChI is InChI=1S/C10H19N3O4S/c1-7-3-4-8(10(11)15)5-13(7)9(14)6-18(16,17)12-2/h7-8,12H,3-6H2,1-2H3,(H2,11,15). The molecule has 1 saturated heterocycles. The molecule has 1 aliphatic rings. The second-order valence-electron chi connectivity index (χ2n) is 4.53. The summed E-state index contributed by atoms with van der Waals surface area (Å²) >= 11 is 0. The van der Waals surface area contributed by atoms with Crippen LogP contribution < -0.4 is 10.5 Å². The summed E-state index contributed by atoms with van der Waals surface area (Å²) in [6, 6.07) is -0.0693. The van der Waals surface area contributed by atoms with Gasteiger partial charge in [0.1, 0.15) is 5.75 Å². The Balaban J connectivity index is 2.74. The third-order valence-corrected chi connectivity index (χ3v) is 4.48. The number of primary amides is 1. The molecule has 0 saturated carbocycles. The summed E-state index contributed by atoms with van der Waals surface area (Å²) in [5.41, 5.74) is 5.22. The number of amides is 2. The van der Waals surface area contributed by atoms with E-state index in [2.05, 4.69) is 4.72 Å². The zero-order chi connectivity index (χ0) is 13.9. The molecule has 0 aromatic heterocycles. The highest BCUT2D eigenvalue weighted by Crippen LogP contribution is 2.21. The second kappa shape index (κ2) is 5.66. The molecule has 0 aromatic rings. The summed E-state index contributed by atoms with van der Waals surface area (Å²) in [4.78, 5) is 24.5. The van der Waals surface area contributed by atoms with Crippen LogP contribution in [0.2, 0.25) is 0 Å². The van der Waals surface area contributed by atoms with Crippen molar-refractivity contribution in [1.29, 1.82) is 0 Å². The van der Waals surface area contributed by atoms with Crippen molar-refractivity contribution in [3.8, 4) is 0 Å². The number of nitrogens with two attached hydrogens (primary N) is 1. The van der Waals surface area contributed by atoms with Crippen LogP contribution in [0.25, 0.3) is 0 Å². The Hall–Kier alpha value is -1.15. The summed E-state index contributed by atoms with van der Waals surface area (Å²) < 4.78 is 24.7. The molecule has 1 rings (SSSR count). The van der Waals surface area contributed by atoms with Gasteiger partial charge < -0.3 is 10.6 Å². The number of nitrogens with zero attached hydrogens (tertiary/aromatic N) is 1. The number of hydrogen-bond acceptors (Lipinski definition) is 4. The molecule has 0 radical (unpaired) electrons. The molecule has 1 aliphatic heterocycles. The van der Waals surface area contributed by atoms with E-state index in [9.17, 15) is 18.0 Å². The number of nitrogens with one attached hydrogen (secondary N) is 1. The number of carbonyl (C=O) groups is 2. The highest BCUT2D eigenvalue weighted by molar-refractivity contribution is 7.90. The molecule has 7 nitrogen and oxygen atoms in total. The fourth-order valence-corrected chi connectivity index (χ4v) is 2.64. The van der Waals surface area contributed by atoms with E-state index in [0.717, 1.165) is 0 Å². The van der Waals surface area contributed by atoms with Gasteiger partial charge in [0.25, 0.3) is 0 Å². The zero-order valence-corrected chi connectivity index (χ0v) is 11.4. The largest absolute Gasteiger partial charge is 0.369 e. The van der Waals surface area contributed by atoms with Crippen molar-refractivity contribution in [2.75, 3.05) is 19.3 Å². The molecule has 104 valence electrons. The average molecular weight is 277 g/mol. The maximum absolute atomic E-state index is 11.9. The van der Waals surface area contributed by atoms with Crippen LogP contribution >= 0.6 is 0 Å². The molecule has 0 bridgehead atoms. The lowest BCUT2D eigenvalue weighted by atomic mass is 9.93. The Kier molecular flexibility index (Phi) is 4.69. The van der Waals surface area contributed by atoms with Crippen molar-refractivity contribution in [3.05, 3.63) is 0 Å². The van der Waals surface area contributed by atoms with Crippen LogP contribution in [0.15, 0.2) is 0 Å². The van der Waals surface area contributed by atoms with Crippen LogP contribution in [-0.2, 0) is 19.6 Å². The first-order chi connectivity index (χ1) is 8.26. The van der Waals surface area contributed by atoms with Crippen LogP contribution in [0.5, 0.6) is 0 Å². The Bertz CT molecular complexity index is 434. The highest BCUT2D eigenvalue weighted by Gasteiger charge is 2.32. The number of piperidine rings is 1. The second-order valence-corrected chi connectivity index (χ2v) is 6.46. The number of likely N-dealkylation sites (tertiary alicyclic amines) is 1. The number of rotatable bonds is 4. The molecular formula is C10H19N3O4S. The first kappa shape index (κ1) is 14.9. The van der Waals surface area contributed by atoms with E-state index in [1.807, 2.05) is 6.92 Å². The van der Waals surface area contributed by atoms with Crippen molar-refractivity contribution in [2.45, 2.75) is 25.8 Å². The number of hydrogen-bond donors (Lipinski definition) is 2. The van der Waals surface area contributed by atoms with Crippen molar-refractivity contribution in [1.82, 2.24) is 9.62 Å². The van der Waals surface area contributed by atoms with Gasteiger partial charge in [0.05, 0.1) is 5.92 Å². The van der Waals surface area contributed by atoms with Crippen LogP contribution in [0.3, 0.4) is 0 Å². The van der Waals surface area contributed by atoms with Gasteiger partial charge in [-0.05, 0) is 26.8 Å². The van der Waals surface area contributed by atoms with Crippen molar-refractivity contribution in [2.24, 2.45) is 11.7 Å². The highest BCUT2D eigenvalue weighted by atomic mass is 32.2. The first-order valence-electron chi connectivity index (χ1n) is 5.77. The Morgan fingerprint density at radius 3 is 2.50 bits per heavy atom. The van der Waals surface area contributed by atoms with Gasteiger partial charge in [0.2, 0.25) is 21.8 Å². The monoisotopic (exact) mass is 277 g/mol. The van der Waals surface area contributed by atoms with E-state index in [0.29, 0.717) is 12.8 Å². The Morgan fingerprint density at radius 2 is 2.00 bits per heavy atom. The van der Waals surface area contributed by atoms with E-state index < -0.39 is 27.6 Å². The Morgan fingerprint density at radius 1 is 1.39 bits per heavy atom. The summed E-state index contributed by atoms with van der Waals surface area (Å²) in [7, 11) is -2.33. The molecule has 2 unspecified atom stereocenters. The molecule has 1 fully saturated rings. The zero-order valence-electron chi connectivity index (χ0n) is 10.5. The van der Waals surface area contributed by atoms with Gasteiger partial charge in [-0.3, -0.25) is 9.59 Å². The fraction of sp³-hybridized carbons (Fsp3) is 0.800. The molecule has 2 atom stereocenters. The SMILES string of the molecule is CNS(=O)(=O)CC(=O)N1CC(C(N)=O)CCC1C. The van der Waals surface area contributed by atoms with Crippen LogP contribution in [0.4, 0.5) is 0 Å². The summed E-state index contributed by atoms with van der Waals surface area (Å²) in [6.45, 7) is 2.04. The lowest BCUT2D eigenvalue weighted by Gasteiger charge is -2.36. The quantitative estimate of drug-likeness (QED) is 0.662. The van der Waals surface area contributed by atoms with Crippen LogP contribution in [0, 0.1) is 5.92 Å². The van der Waals surface area contributed by atoms with Gasteiger partial charge in [-0.2, -0.15) is 0 Å². The maximum atomic E-state index is 11.9. The maximum Gasteiger partial charge on any atom is 0.239 e. The van der Waals surface area contributed by atoms with E-state index in [1.165, 1.54) is 11.9 Å². The smallest absolute Gasteiger partial charge is 0.239 e. The molecule has 18 heavy (non-hydrogen) atoms. The molecule has 0 spiro atoms. The van der Waals surface area contributed by atoms with E-state index in [-0.39, 0.29) is 18.5 Å². The van der Waals surface area contributed by atoms with E-state index >= 15 is 0 Å². The van der Waals surface area contributed by atoms with Crippen molar-refractivity contribution >= 4 is 21.8 Å². The first-order valence-corrected chi connectivity index (χ1v) is 7.42. The minimum Gasteiger partial charge on any atom is -0.369 e. The van der Waals surface area contributed by atoms with Crippen LogP contribution in [-0.4, -0.2) is 50.5 Å². The van der Waals surface area contributed by atoms with Crippen molar-refractivity contribution in [3.63, 3.8) is 0 Å². The third kappa shape index (κ3) is 3.67. The van der Waals surface area contributed by atoms with Gasteiger partial charge in [-0.15, -0.1) is 0 Å². The molecule has 3 N–H and O–H groups in total. The third-order valence-electron chi connectivity index (χ3n) is 3.23. The summed E-state index contributed by atoms with van der Waals surface area (Å²) in [5, 5.41) is 0. The van der Waals surface area contributed by atoms with E-state index in [1.54, 1.807) is 0 Å². The number of sulfonamides is 1. The summed E-state index contributed by atoms with van der Waals surface area (Å²) in [5.74, 6) is -1.93. The predicted molar refractivity (Wildman–Crippen MR) is 65.9 cm³/mol. The van der Waals surface area contributed by atoms with E-state index in [4.69, 9.17) is 5.73 Å². The topological polar surface area (TPSA) is 110 Å². The molecule has 2 amide bonds. The summed E-state index contributed by atoms with van der Waals surface area (Å²) in [6.07, 6.45) is 1.29. The molecular weight excluding hydrogens is 258 g/mol. The average Bonchev–Trinajstić information content (AvgIpc) is 2.28. The number of carbonyl (C=O) groups excluding carboxylic acids is 2. The van der Waals surface area contributed by atoms with Gasteiger partial charge >= 0.3 is 0 Å². The Labute approximate surface area is 107 Å². The molecule has 0 aromatic carbocycles. The van der Waals surface area contributed by atoms with Gasteiger partial charge in [0, 0.05) is 12.6 Å². The fourth-order valence-electron chi connectivity index (χ4n) is 2.00.